The number of hydrogen-bond donors (Lipinski definition) is 1. The van der Waals surface area contributed by atoms with Crippen LogP contribution in [0.5, 0.6) is 0 Å². The molecule has 0 radical (unpaired) electrons. The van der Waals surface area contributed by atoms with E-state index in [1.54, 1.807) is 0 Å². The van der Waals surface area contributed by atoms with Crippen LogP contribution in [-0.2, 0) is 29.2 Å². The van der Waals surface area contributed by atoms with Gasteiger partial charge in [-0.2, -0.15) is 8.42 Å². The van der Waals surface area contributed by atoms with Gasteiger partial charge in [-0.15, -0.1) is 0 Å². The number of carbonyl (C=O) groups excluding carboxylic acids is 2. The van der Waals surface area contributed by atoms with E-state index in [1.165, 1.54) is 6.92 Å². The Labute approximate surface area is 92.5 Å². The topological polar surface area (TPSA) is 107 Å². The van der Waals surface area contributed by atoms with Crippen molar-refractivity contribution in [1.82, 2.24) is 0 Å². The zero-order chi connectivity index (χ0) is 12.3. The summed E-state index contributed by atoms with van der Waals surface area (Å²) in [6.07, 6.45) is -0.695. The molecule has 1 heterocycles. The van der Waals surface area contributed by atoms with E-state index in [9.17, 15) is 18.0 Å². The molecule has 92 valence electrons. The lowest BCUT2D eigenvalue weighted by Crippen LogP contribution is -2.29. The van der Waals surface area contributed by atoms with Crippen LogP contribution in [-0.4, -0.2) is 43.4 Å². The van der Waals surface area contributed by atoms with Gasteiger partial charge < -0.3 is 9.47 Å². The zero-order valence-electron chi connectivity index (χ0n) is 8.58. The van der Waals surface area contributed by atoms with Crippen molar-refractivity contribution >= 4 is 22.1 Å². The molecule has 1 fully saturated rings. The summed E-state index contributed by atoms with van der Waals surface area (Å²) in [5.74, 6) is -3.23. The van der Waals surface area contributed by atoms with Gasteiger partial charge in [0.15, 0.2) is 0 Å². The van der Waals surface area contributed by atoms with E-state index >= 15 is 0 Å². The molecule has 8 heteroatoms. The van der Waals surface area contributed by atoms with Crippen LogP contribution in [0.25, 0.3) is 0 Å². The summed E-state index contributed by atoms with van der Waals surface area (Å²) in [5, 5.41) is 0. The molecular weight excluding hydrogens is 240 g/mol. The minimum absolute atomic E-state index is 0.184. The van der Waals surface area contributed by atoms with Gasteiger partial charge in [0.2, 0.25) is 6.10 Å². The Morgan fingerprint density at radius 2 is 2.31 bits per heavy atom. The second kappa shape index (κ2) is 4.79. The fourth-order valence-corrected chi connectivity index (χ4v) is 1.99. The normalized spacial score (nSPS) is 22.6. The summed E-state index contributed by atoms with van der Waals surface area (Å²) in [6.45, 7) is 1.47. The summed E-state index contributed by atoms with van der Waals surface area (Å²) in [7, 11) is -4.23. The van der Waals surface area contributed by atoms with Gasteiger partial charge in [0, 0.05) is 6.42 Å². The van der Waals surface area contributed by atoms with Crippen molar-refractivity contribution in [1.29, 1.82) is 0 Å². The highest BCUT2D eigenvalue weighted by molar-refractivity contribution is 7.85. The molecule has 0 amide bonds. The summed E-state index contributed by atoms with van der Waals surface area (Å²) < 4.78 is 38.8. The lowest BCUT2D eigenvalue weighted by Gasteiger charge is -2.12. The van der Waals surface area contributed by atoms with Crippen molar-refractivity contribution in [3.8, 4) is 0 Å². The maximum absolute atomic E-state index is 11.3. The lowest BCUT2D eigenvalue weighted by atomic mass is 10.2. The van der Waals surface area contributed by atoms with E-state index in [-0.39, 0.29) is 13.0 Å². The standard InChI is InChI=1S/C8H12O7S/c1-5(4-16(11,12)13)7(9)15-6-2-3-14-8(6)10/h5-6H,2-4H2,1H3,(H,11,12,13). The predicted molar refractivity (Wildman–Crippen MR) is 51.0 cm³/mol. The van der Waals surface area contributed by atoms with Gasteiger partial charge in [0.1, 0.15) is 0 Å². The molecule has 1 aliphatic rings. The van der Waals surface area contributed by atoms with Crippen molar-refractivity contribution in [2.24, 2.45) is 5.92 Å². The van der Waals surface area contributed by atoms with Crippen molar-refractivity contribution in [3.05, 3.63) is 0 Å². The highest BCUT2D eigenvalue weighted by Crippen LogP contribution is 2.13. The van der Waals surface area contributed by atoms with Gasteiger partial charge >= 0.3 is 11.9 Å². The Morgan fingerprint density at radius 1 is 1.69 bits per heavy atom. The third-order valence-corrected chi connectivity index (χ3v) is 2.93. The number of rotatable bonds is 4. The first-order valence-electron chi connectivity index (χ1n) is 4.62. The molecule has 1 saturated heterocycles. The number of ether oxygens (including phenoxy) is 2. The molecule has 16 heavy (non-hydrogen) atoms. The lowest BCUT2D eigenvalue weighted by molar-refractivity contribution is -0.162. The van der Waals surface area contributed by atoms with Crippen LogP contribution < -0.4 is 0 Å². The second-order valence-corrected chi connectivity index (χ2v) is 5.03. The molecule has 1 N–H and O–H groups in total. The van der Waals surface area contributed by atoms with Crippen molar-refractivity contribution in [2.45, 2.75) is 19.4 Å². The Balaban J connectivity index is 2.49. The summed E-state index contributed by atoms with van der Waals surface area (Å²) in [6, 6.07) is 0. The van der Waals surface area contributed by atoms with Crippen LogP contribution in [0.4, 0.5) is 0 Å². The first kappa shape index (κ1) is 12.9. The van der Waals surface area contributed by atoms with E-state index < -0.39 is 39.8 Å². The van der Waals surface area contributed by atoms with Gasteiger partial charge in [-0.25, -0.2) is 4.79 Å². The molecule has 2 atom stereocenters. The molecule has 1 aliphatic heterocycles. The van der Waals surface area contributed by atoms with Crippen LogP contribution >= 0.6 is 0 Å². The van der Waals surface area contributed by atoms with Crippen LogP contribution in [0, 0.1) is 5.92 Å². The molecule has 0 aromatic rings. The molecule has 0 aromatic carbocycles. The molecule has 7 nitrogen and oxygen atoms in total. The first-order valence-corrected chi connectivity index (χ1v) is 6.23. The van der Waals surface area contributed by atoms with E-state index in [4.69, 9.17) is 9.29 Å². The molecule has 0 aromatic heterocycles. The summed E-state index contributed by atoms with van der Waals surface area (Å²) >= 11 is 0. The maximum atomic E-state index is 11.3. The fraction of sp³-hybridized carbons (Fsp3) is 0.750. The monoisotopic (exact) mass is 252 g/mol. The minimum Gasteiger partial charge on any atom is -0.463 e. The molecular formula is C8H12O7S. The van der Waals surface area contributed by atoms with Gasteiger partial charge in [0.05, 0.1) is 18.3 Å². The number of carbonyl (C=O) groups is 2. The minimum atomic E-state index is -4.23. The van der Waals surface area contributed by atoms with Gasteiger partial charge in [-0.05, 0) is 0 Å². The number of cyclic esters (lactones) is 1. The largest absolute Gasteiger partial charge is 0.463 e. The zero-order valence-corrected chi connectivity index (χ0v) is 9.40. The number of hydrogen-bond acceptors (Lipinski definition) is 6. The van der Waals surface area contributed by atoms with Crippen LogP contribution in [0.3, 0.4) is 0 Å². The maximum Gasteiger partial charge on any atom is 0.347 e. The smallest absolute Gasteiger partial charge is 0.347 e. The predicted octanol–water partition coefficient (Wildman–Crippen LogP) is -0.631. The molecule has 1 rings (SSSR count). The average molecular weight is 252 g/mol. The molecule has 2 unspecified atom stereocenters. The van der Waals surface area contributed by atoms with Gasteiger partial charge in [-0.3, -0.25) is 9.35 Å². The average Bonchev–Trinajstić information content (AvgIpc) is 2.49. The van der Waals surface area contributed by atoms with E-state index in [0.717, 1.165) is 0 Å². The third-order valence-electron chi connectivity index (χ3n) is 2.01. The van der Waals surface area contributed by atoms with E-state index in [0.29, 0.717) is 0 Å². The summed E-state index contributed by atoms with van der Waals surface area (Å²) in [5.41, 5.74) is 0. The summed E-state index contributed by atoms with van der Waals surface area (Å²) in [4.78, 5) is 22.3. The van der Waals surface area contributed by atoms with Crippen molar-refractivity contribution in [2.75, 3.05) is 12.4 Å². The first-order chi connectivity index (χ1) is 7.29. The second-order valence-electron chi connectivity index (χ2n) is 3.53. The molecule has 0 saturated carbocycles. The fourth-order valence-electron chi connectivity index (χ4n) is 1.22. The SMILES string of the molecule is CC(CS(=O)(=O)O)C(=O)OC1CCOC1=O. The highest BCUT2D eigenvalue weighted by atomic mass is 32.2. The Morgan fingerprint density at radius 3 is 2.75 bits per heavy atom. The van der Waals surface area contributed by atoms with Crippen molar-refractivity contribution < 1.29 is 32.0 Å². The highest BCUT2D eigenvalue weighted by Gasteiger charge is 2.32. The Bertz CT molecular complexity index is 385. The molecule has 0 spiro atoms. The van der Waals surface area contributed by atoms with Crippen LogP contribution in [0.1, 0.15) is 13.3 Å². The van der Waals surface area contributed by atoms with E-state index in [1.807, 2.05) is 0 Å². The molecule has 0 bridgehead atoms. The third kappa shape index (κ3) is 3.78. The Hall–Kier alpha value is -1.15. The van der Waals surface area contributed by atoms with Gasteiger partial charge in [0.25, 0.3) is 10.1 Å². The van der Waals surface area contributed by atoms with Crippen molar-refractivity contribution in [3.63, 3.8) is 0 Å². The van der Waals surface area contributed by atoms with Crippen LogP contribution in [0.15, 0.2) is 0 Å². The number of esters is 2. The van der Waals surface area contributed by atoms with E-state index in [2.05, 4.69) is 4.74 Å². The van der Waals surface area contributed by atoms with Crippen LogP contribution in [0.2, 0.25) is 0 Å². The Kier molecular flexibility index (Phi) is 3.87. The van der Waals surface area contributed by atoms with Gasteiger partial charge in [-0.1, -0.05) is 6.92 Å². The molecule has 0 aliphatic carbocycles. The quantitative estimate of drug-likeness (QED) is 0.524.